The van der Waals surface area contributed by atoms with Gasteiger partial charge in [-0.3, -0.25) is 4.79 Å². The molecular weight excluding hydrogens is 234 g/mol. The van der Waals surface area contributed by atoms with Crippen LogP contribution >= 0.6 is 0 Å². The molecule has 0 bridgehead atoms. The van der Waals surface area contributed by atoms with Crippen molar-refractivity contribution in [2.75, 3.05) is 0 Å². The second kappa shape index (κ2) is 3.95. The van der Waals surface area contributed by atoms with E-state index in [1.807, 2.05) is 12.1 Å². The van der Waals surface area contributed by atoms with Gasteiger partial charge < -0.3 is 4.57 Å². The first kappa shape index (κ1) is 10.8. The van der Waals surface area contributed by atoms with Crippen molar-refractivity contribution < 1.29 is 4.79 Å². The van der Waals surface area contributed by atoms with E-state index < -0.39 is 0 Å². The molecule has 1 saturated carbocycles. The van der Waals surface area contributed by atoms with E-state index in [-0.39, 0.29) is 0 Å². The van der Waals surface area contributed by atoms with Gasteiger partial charge in [0.2, 0.25) is 0 Å². The van der Waals surface area contributed by atoms with Gasteiger partial charge in [-0.25, -0.2) is 0 Å². The molecule has 0 aliphatic heterocycles. The predicted molar refractivity (Wildman–Crippen MR) is 77.6 cm³/mol. The molecule has 2 heteroatoms. The number of nitrogens with zero attached hydrogens (tertiary/aromatic N) is 1. The third kappa shape index (κ3) is 1.67. The van der Waals surface area contributed by atoms with Gasteiger partial charge in [0, 0.05) is 33.9 Å². The number of fused-ring (bicyclic) bond motifs is 3. The smallest absolute Gasteiger partial charge is 0.150 e. The van der Waals surface area contributed by atoms with E-state index in [9.17, 15) is 4.79 Å². The predicted octanol–water partition coefficient (Wildman–Crippen LogP) is 4.02. The molecule has 0 amide bonds. The highest BCUT2D eigenvalue weighted by Crippen LogP contribution is 2.36. The highest BCUT2D eigenvalue weighted by Gasteiger charge is 2.23. The average molecular weight is 249 g/mol. The number of hydrogen-bond donors (Lipinski definition) is 0. The Labute approximate surface area is 111 Å². The third-order valence-corrected chi connectivity index (χ3v) is 4.07. The highest BCUT2D eigenvalue weighted by atomic mass is 16.1. The summed E-state index contributed by atoms with van der Waals surface area (Å²) in [7, 11) is 0. The Morgan fingerprint density at radius 3 is 2.63 bits per heavy atom. The largest absolute Gasteiger partial charge is 0.340 e. The number of rotatable bonds is 3. The second-order valence-electron chi connectivity index (χ2n) is 5.47. The topological polar surface area (TPSA) is 22.0 Å². The summed E-state index contributed by atoms with van der Waals surface area (Å²) in [6.07, 6.45) is 3.62. The van der Waals surface area contributed by atoms with Gasteiger partial charge in [0.1, 0.15) is 6.29 Å². The summed E-state index contributed by atoms with van der Waals surface area (Å²) in [5, 5.41) is 2.45. The van der Waals surface area contributed by atoms with Gasteiger partial charge in [-0.05, 0) is 43.0 Å². The van der Waals surface area contributed by atoms with E-state index in [0.29, 0.717) is 0 Å². The molecule has 1 aliphatic carbocycles. The van der Waals surface area contributed by atoms with Gasteiger partial charge >= 0.3 is 0 Å². The lowest BCUT2D eigenvalue weighted by atomic mass is 10.1. The monoisotopic (exact) mass is 249 g/mol. The molecule has 1 aliphatic rings. The zero-order valence-electron chi connectivity index (χ0n) is 10.7. The van der Waals surface area contributed by atoms with Crippen molar-refractivity contribution in [1.82, 2.24) is 4.57 Å². The fraction of sp³-hybridized carbons (Fsp3) is 0.235. The molecule has 1 fully saturated rings. The summed E-state index contributed by atoms with van der Waals surface area (Å²) in [5.74, 6) is 0.838. The minimum Gasteiger partial charge on any atom is -0.340 e. The molecule has 4 rings (SSSR count). The molecule has 0 atom stereocenters. The first-order valence-corrected chi connectivity index (χ1v) is 6.83. The van der Waals surface area contributed by atoms with Gasteiger partial charge in [-0.15, -0.1) is 0 Å². The van der Waals surface area contributed by atoms with E-state index >= 15 is 0 Å². The number of aldehydes is 1. The molecule has 0 spiro atoms. The van der Waals surface area contributed by atoms with Crippen molar-refractivity contribution in [3.8, 4) is 0 Å². The normalized spacial score (nSPS) is 15.2. The molecule has 1 aromatic heterocycles. The fourth-order valence-corrected chi connectivity index (χ4v) is 2.90. The molecular formula is C17H15NO. The molecule has 2 nitrogen and oxygen atoms in total. The van der Waals surface area contributed by atoms with Crippen LogP contribution in [0, 0.1) is 5.92 Å². The van der Waals surface area contributed by atoms with Gasteiger partial charge in [0.05, 0.1) is 0 Å². The average Bonchev–Trinajstić information content (AvgIpc) is 3.23. The first-order valence-electron chi connectivity index (χ1n) is 6.83. The van der Waals surface area contributed by atoms with Crippen LogP contribution in [0.5, 0.6) is 0 Å². The van der Waals surface area contributed by atoms with Crippen molar-refractivity contribution >= 4 is 28.1 Å². The molecule has 0 radical (unpaired) electrons. The molecule has 19 heavy (non-hydrogen) atoms. The van der Waals surface area contributed by atoms with Crippen molar-refractivity contribution in [3.63, 3.8) is 0 Å². The van der Waals surface area contributed by atoms with E-state index in [1.165, 1.54) is 34.6 Å². The zero-order valence-corrected chi connectivity index (χ0v) is 10.7. The van der Waals surface area contributed by atoms with Gasteiger partial charge in [0.25, 0.3) is 0 Å². The number of aromatic nitrogens is 1. The molecule has 0 saturated heterocycles. The molecule has 1 heterocycles. The van der Waals surface area contributed by atoms with Crippen molar-refractivity contribution in [3.05, 3.63) is 48.0 Å². The lowest BCUT2D eigenvalue weighted by Crippen LogP contribution is -1.98. The van der Waals surface area contributed by atoms with Gasteiger partial charge in [0.15, 0.2) is 0 Å². The molecule has 0 unspecified atom stereocenters. The van der Waals surface area contributed by atoms with E-state index in [2.05, 4.69) is 34.9 Å². The standard InChI is InChI=1S/C17H15NO/c19-11-13-7-8-17-15(9-13)14-3-1-2-4-16(14)18(17)10-12-5-6-12/h1-4,7-9,11-12H,5-6,10H2. The Bertz CT molecular complexity index is 780. The van der Waals surface area contributed by atoms with Crippen LogP contribution in [-0.2, 0) is 6.54 Å². The summed E-state index contributed by atoms with van der Waals surface area (Å²) >= 11 is 0. The van der Waals surface area contributed by atoms with Gasteiger partial charge in [-0.1, -0.05) is 18.2 Å². The third-order valence-electron chi connectivity index (χ3n) is 4.07. The number of carbonyl (C=O) groups is 1. The number of benzene rings is 2. The summed E-state index contributed by atoms with van der Waals surface area (Å²) in [5.41, 5.74) is 3.29. The maximum Gasteiger partial charge on any atom is 0.150 e. The Hall–Kier alpha value is -2.09. The summed E-state index contributed by atoms with van der Waals surface area (Å²) < 4.78 is 2.41. The number of hydrogen-bond acceptors (Lipinski definition) is 1. The summed E-state index contributed by atoms with van der Waals surface area (Å²) in [6.45, 7) is 1.10. The maximum atomic E-state index is 11.0. The lowest BCUT2D eigenvalue weighted by molar-refractivity contribution is 0.112. The minimum atomic E-state index is 0.752. The fourth-order valence-electron chi connectivity index (χ4n) is 2.90. The minimum absolute atomic E-state index is 0.752. The molecule has 2 aromatic carbocycles. The van der Waals surface area contributed by atoms with Crippen LogP contribution in [-0.4, -0.2) is 10.9 Å². The molecule has 0 N–H and O–H groups in total. The Morgan fingerprint density at radius 2 is 1.84 bits per heavy atom. The van der Waals surface area contributed by atoms with Crippen LogP contribution < -0.4 is 0 Å². The van der Waals surface area contributed by atoms with Crippen molar-refractivity contribution in [1.29, 1.82) is 0 Å². The Balaban J connectivity index is 2.07. The maximum absolute atomic E-state index is 11.0. The van der Waals surface area contributed by atoms with Crippen LogP contribution in [0.25, 0.3) is 21.8 Å². The Kier molecular flexibility index (Phi) is 2.25. The summed E-state index contributed by atoms with van der Waals surface area (Å²) in [4.78, 5) is 11.0. The van der Waals surface area contributed by atoms with E-state index in [0.717, 1.165) is 24.3 Å². The van der Waals surface area contributed by atoms with Crippen LogP contribution in [0.2, 0.25) is 0 Å². The molecule has 94 valence electrons. The lowest BCUT2D eigenvalue weighted by Gasteiger charge is -2.05. The highest BCUT2D eigenvalue weighted by molar-refractivity contribution is 6.09. The number of para-hydroxylation sites is 1. The van der Waals surface area contributed by atoms with Crippen molar-refractivity contribution in [2.24, 2.45) is 5.92 Å². The number of carbonyl (C=O) groups excluding carboxylic acids is 1. The second-order valence-corrected chi connectivity index (χ2v) is 5.47. The summed E-state index contributed by atoms with van der Waals surface area (Å²) in [6, 6.07) is 14.5. The quantitative estimate of drug-likeness (QED) is 0.643. The van der Waals surface area contributed by atoms with Crippen LogP contribution in [0.1, 0.15) is 23.2 Å². The van der Waals surface area contributed by atoms with Gasteiger partial charge in [-0.2, -0.15) is 0 Å². The Morgan fingerprint density at radius 1 is 1.05 bits per heavy atom. The van der Waals surface area contributed by atoms with Crippen LogP contribution in [0.4, 0.5) is 0 Å². The van der Waals surface area contributed by atoms with Crippen molar-refractivity contribution in [2.45, 2.75) is 19.4 Å². The first-order chi connectivity index (χ1) is 9.36. The zero-order chi connectivity index (χ0) is 12.8. The van der Waals surface area contributed by atoms with Crippen LogP contribution in [0.3, 0.4) is 0 Å². The molecule has 3 aromatic rings. The van der Waals surface area contributed by atoms with E-state index in [4.69, 9.17) is 0 Å². The van der Waals surface area contributed by atoms with Crippen LogP contribution in [0.15, 0.2) is 42.5 Å². The SMILES string of the molecule is O=Cc1ccc2c(c1)c1ccccc1n2CC1CC1. The van der Waals surface area contributed by atoms with E-state index in [1.54, 1.807) is 0 Å².